The molecule has 0 bridgehead atoms. The van der Waals surface area contributed by atoms with Gasteiger partial charge in [0.05, 0.1) is 0 Å². The van der Waals surface area contributed by atoms with Crippen LogP contribution in [0.3, 0.4) is 0 Å². The molecule has 1 heteroatoms. The van der Waals surface area contributed by atoms with Gasteiger partial charge >= 0.3 is 0 Å². The summed E-state index contributed by atoms with van der Waals surface area (Å²) in [4.78, 5) is 0. The second-order valence-electron chi connectivity index (χ2n) is 9.61. The Kier molecular flexibility index (Phi) is 7.08. The summed E-state index contributed by atoms with van der Waals surface area (Å²) in [6.45, 7) is 4.34. The third kappa shape index (κ3) is 4.88. The van der Waals surface area contributed by atoms with Crippen molar-refractivity contribution >= 4 is 6.08 Å². The Balaban J connectivity index is 1.42. The normalized spacial score (nSPS) is 24.2. The van der Waals surface area contributed by atoms with Gasteiger partial charge in [-0.15, -0.1) is 0 Å². The number of hydrogen-bond donors (Lipinski definition) is 0. The van der Waals surface area contributed by atoms with E-state index in [0.717, 1.165) is 30.7 Å². The molecule has 0 amide bonds. The molecule has 0 saturated heterocycles. The van der Waals surface area contributed by atoms with Crippen molar-refractivity contribution in [2.45, 2.75) is 89.9 Å². The summed E-state index contributed by atoms with van der Waals surface area (Å²) in [5, 5.41) is 0. The lowest BCUT2D eigenvalue weighted by Crippen LogP contribution is -2.16. The number of fused-ring (bicyclic) bond motifs is 1. The monoisotopic (exact) mass is 404 g/mol. The van der Waals surface area contributed by atoms with Crippen LogP contribution in [0.1, 0.15) is 105 Å². The lowest BCUT2D eigenvalue weighted by molar-refractivity contribution is 0.304. The van der Waals surface area contributed by atoms with Gasteiger partial charge in [0.25, 0.3) is 0 Å². The van der Waals surface area contributed by atoms with Gasteiger partial charge in [-0.2, -0.15) is 0 Å². The third-order valence-electron chi connectivity index (χ3n) is 7.57. The molecule has 2 aliphatic carbocycles. The molecule has 0 radical (unpaired) electrons. The smallest absolute Gasteiger partial charge is 0.126 e. The van der Waals surface area contributed by atoms with Crippen LogP contribution < -0.4 is 0 Å². The SMILES string of the molecule is C/C=C/c1ccc2c(c1)CCC(c1ccc(C3CCC(CCCC)CC3)cc1F)C2. The fourth-order valence-electron chi connectivity index (χ4n) is 5.74. The highest BCUT2D eigenvalue weighted by Gasteiger charge is 2.25. The average Bonchev–Trinajstić information content (AvgIpc) is 2.78. The molecule has 1 unspecified atom stereocenters. The zero-order valence-corrected chi connectivity index (χ0v) is 18.8. The van der Waals surface area contributed by atoms with E-state index in [1.54, 1.807) is 0 Å². The van der Waals surface area contributed by atoms with E-state index in [1.165, 1.54) is 67.2 Å². The predicted octanol–water partition coefficient (Wildman–Crippen LogP) is 8.60. The van der Waals surface area contributed by atoms with Gasteiger partial charge in [0.1, 0.15) is 5.82 Å². The highest BCUT2D eigenvalue weighted by molar-refractivity contribution is 5.52. The minimum Gasteiger partial charge on any atom is -0.207 e. The number of hydrogen-bond acceptors (Lipinski definition) is 0. The molecule has 2 aromatic carbocycles. The minimum atomic E-state index is 0.0274. The number of benzene rings is 2. The van der Waals surface area contributed by atoms with E-state index in [-0.39, 0.29) is 5.82 Å². The van der Waals surface area contributed by atoms with Crippen molar-refractivity contribution in [3.05, 3.63) is 76.1 Å². The minimum absolute atomic E-state index is 0.0274. The van der Waals surface area contributed by atoms with Crippen molar-refractivity contribution in [3.8, 4) is 0 Å². The first-order valence-corrected chi connectivity index (χ1v) is 12.2. The first kappa shape index (κ1) is 21.3. The molecule has 2 aromatic rings. The summed E-state index contributed by atoms with van der Waals surface area (Å²) in [6, 6.07) is 13.0. The van der Waals surface area contributed by atoms with E-state index in [0.29, 0.717) is 11.8 Å². The first-order chi connectivity index (χ1) is 14.7. The Bertz CT molecular complexity index is 870. The lowest BCUT2D eigenvalue weighted by atomic mass is 9.76. The highest BCUT2D eigenvalue weighted by Crippen LogP contribution is 2.40. The van der Waals surface area contributed by atoms with Gasteiger partial charge in [0.15, 0.2) is 0 Å². The average molecular weight is 405 g/mol. The molecule has 1 fully saturated rings. The number of unbranched alkanes of at least 4 members (excludes halogenated alkanes) is 1. The Morgan fingerprint density at radius 2 is 1.77 bits per heavy atom. The maximum Gasteiger partial charge on any atom is 0.126 e. The van der Waals surface area contributed by atoms with E-state index in [1.807, 2.05) is 6.07 Å². The lowest BCUT2D eigenvalue weighted by Gasteiger charge is -2.30. The van der Waals surface area contributed by atoms with Crippen LogP contribution in [-0.4, -0.2) is 0 Å². The van der Waals surface area contributed by atoms with Crippen molar-refractivity contribution in [2.75, 3.05) is 0 Å². The molecule has 30 heavy (non-hydrogen) atoms. The molecule has 4 rings (SSSR count). The number of allylic oxidation sites excluding steroid dienone is 1. The summed E-state index contributed by atoms with van der Waals surface area (Å²) in [6.07, 6.45) is 16.5. The van der Waals surface area contributed by atoms with Crippen LogP contribution in [0.5, 0.6) is 0 Å². The van der Waals surface area contributed by atoms with Gasteiger partial charge in [-0.05, 0) is 104 Å². The van der Waals surface area contributed by atoms with Crippen LogP contribution in [0.15, 0.2) is 42.5 Å². The summed E-state index contributed by atoms with van der Waals surface area (Å²) < 4.78 is 15.2. The van der Waals surface area contributed by atoms with Crippen LogP contribution >= 0.6 is 0 Å². The Morgan fingerprint density at radius 3 is 2.50 bits per heavy atom. The molecule has 0 aliphatic heterocycles. The third-order valence-corrected chi connectivity index (χ3v) is 7.57. The molecular weight excluding hydrogens is 367 g/mol. The number of aryl methyl sites for hydroxylation is 1. The van der Waals surface area contributed by atoms with Crippen molar-refractivity contribution in [1.29, 1.82) is 0 Å². The van der Waals surface area contributed by atoms with E-state index in [2.05, 4.69) is 56.3 Å². The van der Waals surface area contributed by atoms with Gasteiger partial charge in [0.2, 0.25) is 0 Å². The molecule has 0 heterocycles. The highest BCUT2D eigenvalue weighted by atomic mass is 19.1. The molecule has 0 nitrogen and oxygen atoms in total. The molecular formula is C29H37F. The van der Waals surface area contributed by atoms with Crippen LogP contribution in [-0.2, 0) is 12.8 Å². The number of halogens is 1. The molecule has 2 aliphatic rings. The van der Waals surface area contributed by atoms with Gasteiger partial charge < -0.3 is 0 Å². The van der Waals surface area contributed by atoms with Crippen molar-refractivity contribution in [3.63, 3.8) is 0 Å². The molecule has 1 saturated carbocycles. The second-order valence-corrected chi connectivity index (χ2v) is 9.61. The van der Waals surface area contributed by atoms with Crippen LogP contribution in [0.2, 0.25) is 0 Å². The largest absolute Gasteiger partial charge is 0.207 e. The van der Waals surface area contributed by atoms with E-state index in [9.17, 15) is 0 Å². The standard InChI is InChI=1S/C29H37F/c1-3-5-7-21-8-11-23(12-9-21)26-16-17-28(29(30)20-26)27-15-14-24-18-22(6-4-2)10-13-25(24)19-27/h4,6,10,13,16-18,20-21,23,27H,3,5,7-9,11-12,14-15,19H2,1-2H3/b6-4+. The maximum atomic E-state index is 15.2. The van der Waals surface area contributed by atoms with Gasteiger partial charge in [-0.1, -0.05) is 68.7 Å². The zero-order valence-electron chi connectivity index (χ0n) is 18.8. The van der Waals surface area contributed by atoms with Gasteiger partial charge in [0, 0.05) is 0 Å². The predicted molar refractivity (Wildman–Crippen MR) is 127 cm³/mol. The Labute approximate surface area is 182 Å². The second kappa shape index (κ2) is 9.94. The topological polar surface area (TPSA) is 0 Å². The molecule has 1 atom stereocenters. The fourth-order valence-corrected chi connectivity index (χ4v) is 5.74. The molecule has 160 valence electrons. The summed E-state index contributed by atoms with van der Waals surface area (Å²) in [5.41, 5.74) is 6.28. The van der Waals surface area contributed by atoms with Gasteiger partial charge in [-0.25, -0.2) is 4.39 Å². The van der Waals surface area contributed by atoms with Crippen molar-refractivity contribution in [2.24, 2.45) is 5.92 Å². The summed E-state index contributed by atoms with van der Waals surface area (Å²) in [5.74, 6) is 1.80. The molecule has 0 aromatic heterocycles. The van der Waals surface area contributed by atoms with Crippen molar-refractivity contribution in [1.82, 2.24) is 0 Å². The van der Waals surface area contributed by atoms with Crippen LogP contribution in [0.4, 0.5) is 4.39 Å². The van der Waals surface area contributed by atoms with E-state index < -0.39 is 0 Å². The van der Waals surface area contributed by atoms with E-state index >= 15 is 4.39 Å². The van der Waals surface area contributed by atoms with E-state index in [4.69, 9.17) is 0 Å². The Hall–Kier alpha value is -1.89. The summed E-state index contributed by atoms with van der Waals surface area (Å²) >= 11 is 0. The fraction of sp³-hybridized carbons (Fsp3) is 0.517. The maximum absolute atomic E-state index is 15.2. The summed E-state index contributed by atoms with van der Waals surface area (Å²) in [7, 11) is 0. The van der Waals surface area contributed by atoms with Gasteiger partial charge in [-0.3, -0.25) is 0 Å². The van der Waals surface area contributed by atoms with Crippen molar-refractivity contribution < 1.29 is 4.39 Å². The Morgan fingerprint density at radius 1 is 0.933 bits per heavy atom. The molecule has 0 spiro atoms. The zero-order chi connectivity index (χ0) is 20.9. The van der Waals surface area contributed by atoms with Crippen LogP contribution in [0.25, 0.3) is 6.08 Å². The number of rotatable bonds is 6. The first-order valence-electron chi connectivity index (χ1n) is 12.2. The molecule has 0 N–H and O–H groups in total. The van der Waals surface area contributed by atoms with Crippen LogP contribution in [0, 0.1) is 11.7 Å². The quantitative estimate of drug-likeness (QED) is 0.452.